The van der Waals surface area contributed by atoms with Gasteiger partial charge in [0.2, 0.25) is 0 Å². The first-order valence-corrected chi connectivity index (χ1v) is 20.5. The summed E-state index contributed by atoms with van der Waals surface area (Å²) < 4.78 is 57.5. The molecular formula is C54H54F4O. The van der Waals surface area contributed by atoms with E-state index >= 15 is 0 Å². The molecule has 59 heavy (non-hydrogen) atoms. The van der Waals surface area contributed by atoms with Crippen molar-refractivity contribution in [3.05, 3.63) is 202 Å². The van der Waals surface area contributed by atoms with Crippen LogP contribution in [0.2, 0.25) is 0 Å². The maximum Gasteiger partial charge on any atom is 0.170 e. The second-order valence-electron chi connectivity index (χ2n) is 15.5. The summed E-state index contributed by atoms with van der Waals surface area (Å²) in [6.45, 7) is 13.2. The topological polar surface area (TPSA) is 17.1 Å². The van der Waals surface area contributed by atoms with Gasteiger partial charge in [-0.05, 0) is 116 Å². The predicted octanol–water partition coefficient (Wildman–Crippen LogP) is 15.5. The Morgan fingerprint density at radius 3 is 1.37 bits per heavy atom. The molecule has 0 aliphatic carbocycles. The van der Waals surface area contributed by atoms with Gasteiger partial charge in [-0.15, -0.1) is 0 Å². The summed E-state index contributed by atoms with van der Waals surface area (Å²) in [7, 11) is 0. The van der Waals surface area contributed by atoms with Gasteiger partial charge in [0.1, 0.15) is 23.3 Å². The molecule has 0 unspecified atom stereocenters. The lowest BCUT2D eigenvalue weighted by atomic mass is 9.97. The van der Waals surface area contributed by atoms with Crippen LogP contribution >= 0.6 is 0 Å². The van der Waals surface area contributed by atoms with E-state index in [9.17, 15) is 22.4 Å². The molecule has 0 aliphatic rings. The smallest absolute Gasteiger partial charge is 0.170 e. The third-order valence-electron chi connectivity index (χ3n) is 10.6. The number of carbonyl (C=O) groups is 1. The van der Waals surface area contributed by atoms with Crippen molar-refractivity contribution in [2.75, 3.05) is 0 Å². The molecule has 0 heterocycles. The lowest BCUT2D eigenvalue weighted by Crippen LogP contribution is -2.07. The number of rotatable bonds is 17. The Morgan fingerprint density at radius 1 is 0.508 bits per heavy atom. The molecule has 0 aliphatic heterocycles. The molecule has 0 amide bonds. The van der Waals surface area contributed by atoms with E-state index in [0.29, 0.717) is 22.3 Å². The molecule has 0 radical (unpaired) electrons. The third-order valence-corrected chi connectivity index (χ3v) is 10.6. The SMILES string of the molecule is C=C(C)c1ccc(CCCCCCCCCc2ccc(C(=O)Cc3ccc(-c4ccc(C)cc4)c(F)c3)c(F)c2)cc1F.C=Cc1ccc(-c2ccc(C)cc2)c(F)c1. The minimum Gasteiger partial charge on any atom is -0.294 e. The van der Waals surface area contributed by atoms with Crippen molar-refractivity contribution in [1.82, 2.24) is 0 Å². The highest BCUT2D eigenvalue weighted by Crippen LogP contribution is 2.27. The lowest BCUT2D eigenvalue weighted by molar-refractivity contribution is 0.0989. The molecule has 0 saturated carbocycles. The largest absolute Gasteiger partial charge is 0.294 e. The number of carbonyl (C=O) groups excluding carboxylic acids is 1. The van der Waals surface area contributed by atoms with Gasteiger partial charge in [0, 0.05) is 23.1 Å². The normalized spacial score (nSPS) is 10.8. The summed E-state index contributed by atoms with van der Waals surface area (Å²) in [6, 6.07) is 35.6. The quantitative estimate of drug-likeness (QED) is 0.0511. The first kappa shape index (κ1) is 44.3. The molecule has 0 bridgehead atoms. The van der Waals surface area contributed by atoms with Crippen molar-refractivity contribution in [1.29, 1.82) is 0 Å². The van der Waals surface area contributed by atoms with E-state index < -0.39 is 11.6 Å². The molecule has 1 nitrogen and oxygen atoms in total. The second kappa shape index (κ2) is 21.8. The molecule has 0 N–H and O–H groups in total. The Balaban J connectivity index is 0.000000343. The Bertz CT molecular complexity index is 2360. The number of ketones is 1. The van der Waals surface area contributed by atoms with Crippen LogP contribution in [0.15, 0.2) is 134 Å². The Hall–Kier alpha value is -5.81. The van der Waals surface area contributed by atoms with E-state index in [2.05, 4.69) is 13.2 Å². The lowest BCUT2D eigenvalue weighted by Gasteiger charge is -2.09. The molecule has 0 fully saturated rings. The molecule has 0 spiro atoms. The van der Waals surface area contributed by atoms with Gasteiger partial charge in [0.15, 0.2) is 5.78 Å². The molecule has 304 valence electrons. The van der Waals surface area contributed by atoms with Gasteiger partial charge in [0.25, 0.3) is 0 Å². The minimum absolute atomic E-state index is 0.0428. The molecule has 6 aromatic carbocycles. The number of hydrogen-bond acceptors (Lipinski definition) is 1. The van der Waals surface area contributed by atoms with Crippen LogP contribution in [0.1, 0.15) is 101 Å². The fourth-order valence-corrected chi connectivity index (χ4v) is 7.08. The van der Waals surface area contributed by atoms with Crippen LogP contribution in [0, 0.1) is 37.1 Å². The highest BCUT2D eigenvalue weighted by molar-refractivity contribution is 5.97. The number of Topliss-reactive ketones (excluding diaryl/α,β-unsaturated/α-hetero) is 1. The highest BCUT2D eigenvalue weighted by Gasteiger charge is 2.15. The average molecular weight is 795 g/mol. The maximum absolute atomic E-state index is 14.8. The Kier molecular flexibility index (Phi) is 16.4. The zero-order valence-electron chi connectivity index (χ0n) is 34.5. The molecule has 6 rings (SSSR count). The summed E-state index contributed by atoms with van der Waals surface area (Å²) >= 11 is 0. The van der Waals surface area contributed by atoms with Crippen LogP contribution in [-0.4, -0.2) is 5.78 Å². The van der Waals surface area contributed by atoms with Crippen LogP contribution in [-0.2, 0) is 19.3 Å². The fourth-order valence-electron chi connectivity index (χ4n) is 7.08. The molecule has 5 heteroatoms. The van der Waals surface area contributed by atoms with Gasteiger partial charge >= 0.3 is 0 Å². The Labute approximate surface area is 348 Å². The van der Waals surface area contributed by atoms with Crippen molar-refractivity contribution in [3.8, 4) is 22.3 Å². The van der Waals surface area contributed by atoms with Crippen LogP contribution in [0.25, 0.3) is 33.9 Å². The molecule has 0 saturated heterocycles. The van der Waals surface area contributed by atoms with E-state index in [1.165, 1.54) is 23.8 Å². The van der Waals surface area contributed by atoms with E-state index in [1.807, 2.05) is 93.6 Å². The molecule has 0 atom stereocenters. The summed E-state index contributed by atoms with van der Waals surface area (Å²) in [5.74, 6) is -1.68. The fraction of sp³-hybridized carbons (Fsp3) is 0.241. The molecular weight excluding hydrogens is 741 g/mol. The van der Waals surface area contributed by atoms with Crippen molar-refractivity contribution in [2.45, 2.75) is 85.0 Å². The zero-order valence-corrected chi connectivity index (χ0v) is 34.5. The third kappa shape index (κ3) is 13.1. The van der Waals surface area contributed by atoms with Gasteiger partial charge in [-0.25, -0.2) is 17.6 Å². The Morgan fingerprint density at radius 2 is 0.932 bits per heavy atom. The zero-order chi connectivity index (χ0) is 42.3. The van der Waals surface area contributed by atoms with E-state index in [0.717, 1.165) is 96.7 Å². The first-order valence-electron chi connectivity index (χ1n) is 20.5. The van der Waals surface area contributed by atoms with Gasteiger partial charge in [0.05, 0.1) is 5.56 Å². The van der Waals surface area contributed by atoms with E-state index in [1.54, 1.807) is 36.4 Å². The summed E-state index contributed by atoms with van der Waals surface area (Å²) in [6.07, 6.45) is 10.9. The van der Waals surface area contributed by atoms with Gasteiger partial charge < -0.3 is 0 Å². The number of halogens is 4. The summed E-state index contributed by atoms with van der Waals surface area (Å²) in [4.78, 5) is 12.8. The van der Waals surface area contributed by atoms with Crippen LogP contribution in [0.3, 0.4) is 0 Å². The summed E-state index contributed by atoms with van der Waals surface area (Å²) in [5.41, 5.74) is 9.66. The van der Waals surface area contributed by atoms with Crippen molar-refractivity contribution < 1.29 is 22.4 Å². The van der Waals surface area contributed by atoms with Gasteiger partial charge in [-0.3, -0.25) is 4.79 Å². The number of benzene rings is 6. The first-order chi connectivity index (χ1) is 28.4. The van der Waals surface area contributed by atoms with Crippen LogP contribution < -0.4 is 0 Å². The number of hydrogen-bond donors (Lipinski definition) is 0. The number of aryl methyl sites for hydroxylation is 4. The molecule has 0 aromatic heterocycles. The van der Waals surface area contributed by atoms with E-state index in [4.69, 9.17) is 0 Å². The summed E-state index contributed by atoms with van der Waals surface area (Å²) in [5, 5.41) is 0. The predicted molar refractivity (Wildman–Crippen MR) is 239 cm³/mol. The van der Waals surface area contributed by atoms with Crippen molar-refractivity contribution >= 4 is 17.4 Å². The van der Waals surface area contributed by atoms with Gasteiger partial charge in [-0.1, -0.05) is 153 Å². The van der Waals surface area contributed by atoms with Crippen molar-refractivity contribution in [2.24, 2.45) is 0 Å². The number of unbranched alkanes of at least 4 members (excludes halogenated alkanes) is 6. The average Bonchev–Trinajstić information content (AvgIpc) is 3.21. The standard InChI is InChI=1S/C39H41F3O.C15H13F/c1-27(2)33-20-15-29(23-36(33)40)11-9-7-5-4-6-8-10-12-30-16-22-35(38(42)24-30)39(43)26-31-17-21-34(37(41)25-31)32-18-13-28(3)14-19-32;1-3-12-6-9-14(15(16)10-12)13-7-4-11(2)5-8-13/h13-25H,1,4-12,26H2,2-3H3;3-10H,1H2,2H3. The van der Waals surface area contributed by atoms with Gasteiger partial charge in [-0.2, -0.15) is 0 Å². The van der Waals surface area contributed by atoms with E-state index in [-0.39, 0.29) is 29.4 Å². The maximum atomic E-state index is 14.8. The highest BCUT2D eigenvalue weighted by atomic mass is 19.1. The monoisotopic (exact) mass is 794 g/mol. The van der Waals surface area contributed by atoms with Crippen molar-refractivity contribution in [3.63, 3.8) is 0 Å². The molecule has 6 aromatic rings. The van der Waals surface area contributed by atoms with Crippen LogP contribution in [0.4, 0.5) is 17.6 Å². The van der Waals surface area contributed by atoms with Crippen LogP contribution in [0.5, 0.6) is 0 Å². The number of allylic oxidation sites excluding steroid dienone is 1. The minimum atomic E-state index is -0.520. The second-order valence-corrected chi connectivity index (χ2v) is 15.5.